The Morgan fingerprint density at radius 1 is 1.34 bits per heavy atom. The largest absolute Gasteiger partial charge is 0.325 e. The van der Waals surface area contributed by atoms with Crippen LogP contribution >= 0.6 is 34.7 Å². The number of benzene rings is 1. The van der Waals surface area contributed by atoms with E-state index in [1.165, 1.54) is 35.9 Å². The van der Waals surface area contributed by atoms with Crippen LogP contribution in [0, 0.1) is 11.3 Å². The first-order chi connectivity index (χ1) is 15.5. The number of anilines is 1. The topological polar surface area (TPSA) is 83.6 Å². The van der Waals surface area contributed by atoms with Gasteiger partial charge in [-0.25, -0.2) is 0 Å². The number of nitrogens with zero attached hydrogens (tertiary/aromatic N) is 4. The molecule has 9 heteroatoms. The van der Waals surface area contributed by atoms with Gasteiger partial charge in [0.1, 0.15) is 11.9 Å². The number of carbonyl (C=O) groups is 1. The summed E-state index contributed by atoms with van der Waals surface area (Å²) in [6, 6.07) is 11.5. The predicted octanol–water partition coefficient (Wildman–Crippen LogP) is 6.08. The van der Waals surface area contributed by atoms with E-state index in [1.807, 2.05) is 13.0 Å². The van der Waals surface area contributed by atoms with Gasteiger partial charge in [-0.05, 0) is 49.4 Å². The number of nitrogens with one attached hydrogen (secondary N) is 1. The molecule has 1 aromatic carbocycles. The van der Waals surface area contributed by atoms with Crippen LogP contribution in [0.2, 0.25) is 5.02 Å². The highest BCUT2D eigenvalue weighted by atomic mass is 35.5. The Hall–Kier alpha value is -2.34. The van der Waals surface area contributed by atoms with Crippen LogP contribution in [0.15, 0.2) is 40.9 Å². The Balaban J connectivity index is 1.51. The molecule has 1 aliphatic carbocycles. The van der Waals surface area contributed by atoms with Crippen molar-refractivity contribution in [2.75, 3.05) is 5.32 Å². The molecule has 166 valence electrons. The van der Waals surface area contributed by atoms with Crippen LogP contribution in [0.25, 0.3) is 0 Å². The van der Waals surface area contributed by atoms with Gasteiger partial charge in [0, 0.05) is 23.0 Å². The van der Waals surface area contributed by atoms with Gasteiger partial charge in [0.25, 0.3) is 0 Å². The van der Waals surface area contributed by atoms with Gasteiger partial charge < -0.3 is 9.88 Å². The first-order valence-electron chi connectivity index (χ1n) is 10.7. The quantitative estimate of drug-likeness (QED) is 0.410. The van der Waals surface area contributed by atoms with E-state index in [2.05, 4.69) is 37.6 Å². The van der Waals surface area contributed by atoms with Gasteiger partial charge in [0.2, 0.25) is 5.91 Å². The third-order valence-corrected chi connectivity index (χ3v) is 7.84. The number of amides is 1. The van der Waals surface area contributed by atoms with Gasteiger partial charge in [-0.3, -0.25) is 4.79 Å². The minimum Gasteiger partial charge on any atom is -0.325 e. The summed E-state index contributed by atoms with van der Waals surface area (Å²) in [5, 5.41) is 23.7. The highest BCUT2D eigenvalue weighted by molar-refractivity contribution is 8.00. The van der Waals surface area contributed by atoms with Gasteiger partial charge in [-0.2, -0.15) is 5.26 Å². The molecule has 2 heterocycles. The van der Waals surface area contributed by atoms with E-state index < -0.39 is 0 Å². The molecule has 4 rings (SSSR count). The maximum atomic E-state index is 12.8. The van der Waals surface area contributed by atoms with Crippen molar-refractivity contribution in [3.05, 3.63) is 57.0 Å². The summed E-state index contributed by atoms with van der Waals surface area (Å²) >= 11 is 9.25. The highest BCUT2D eigenvalue weighted by Crippen LogP contribution is 2.35. The molecule has 0 saturated heterocycles. The van der Waals surface area contributed by atoms with Crippen LogP contribution in [-0.2, 0) is 11.2 Å². The molecule has 1 N–H and O–H groups in total. The van der Waals surface area contributed by atoms with Crippen molar-refractivity contribution in [1.82, 2.24) is 14.8 Å². The molecule has 1 saturated carbocycles. The number of nitriles is 1. The molecule has 32 heavy (non-hydrogen) atoms. The molecule has 2 aromatic heterocycles. The zero-order valence-electron chi connectivity index (χ0n) is 17.8. The molecule has 0 radical (unpaired) electrons. The fraction of sp³-hybridized carbons (Fsp3) is 0.391. The summed E-state index contributed by atoms with van der Waals surface area (Å²) in [7, 11) is 0. The molecular weight excluding hydrogens is 462 g/mol. The molecule has 1 fully saturated rings. The van der Waals surface area contributed by atoms with E-state index >= 15 is 0 Å². The first kappa shape index (κ1) is 22.8. The Kier molecular flexibility index (Phi) is 7.51. The van der Waals surface area contributed by atoms with Crippen molar-refractivity contribution < 1.29 is 4.79 Å². The minimum atomic E-state index is -0.370. The van der Waals surface area contributed by atoms with Gasteiger partial charge in [0.05, 0.1) is 15.8 Å². The number of hydrogen-bond donors (Lipinski definition) is 1. The molecule has 0 spiro atoms. The van der Waals surface area contributed by atoms with Crippen LogP contribution in [0.4, 0.5) is 5.69 Å². The van der Waals surface area contributed by atoms with Crippen LogP contribution in [-0.4, -0.2) is 25.9 Å². The van der Waals surface area contributed by atoms with E-state index in [-0.39, 0.29) is 11.2 Å². The lowest BCUT2D eigenvalue weighted by Gasteiger charge is -2.26. The Labute approximate surface area is 201 Å². The second-order valence-corrected chi connectivity index (χ2v) is 10.6. The Bertz CT molecular complexity index is 1120. The second-order valence-electron chi connectivity index (χ2n) is 7.87. The minimum absolute atomic E-state index is 0.145. The van der Waals surface area contributed by atoms with E-state index in [0.29, 0.717) is 22.3 Å². The molecule has 0 bridgehead atoms. The molecule has 0 aliphatic heterocycles. The molecule has 1 aliphatic rings. The maximum Gasteiger partial charge on any atom is 0.237 e. The van der Waals surface area contributed by atoms with Crippen LogP contribution in [0.3, 0.4) is 0 Å². The summed E-state index contributed by atoms with van der Waals surface area (Å²) in [4.78, 5) is 14.1. The lowest BCUT2D eigenvalue weighted by atomic mass is 9.95. The van der Waals surface area contributed by atoms with Crippen LogP contribution < -0.4 is 5.32 Å². The number of rotatable bonds is 7. The van der Waals surface area contributed by atoms with Crippen LogP contribution in [0.1, 0.15) is 61.3 Å². The monoisotopic (exact) mass is 485 g/mol. The summed E-state index contributed by atoms with van der Waals surface area (Å²) in [6.45, 7) is 1.87. The lowest BCUT2D eigenvalue weighted by molar-refractivity contribution is -0.115. The van der Waals surface area contributed by atoms with Gasteiger partial charge in [-0.15, -0.1) is 21.5 Å². The zero-order chi connectivity index (χ0) is 22.5. The number of halogens is 1. The average Bonchev–Trinajstić information content (AvgIpc) is 3.45. The molecular formula is C23H24ClN5OS2. The highest BCUT2D eigenvalue weighted by Gasteiger charge is 2.26. The lowest BCUT2D eigenvalue weighted by Crippen LogP contribution is -2.24. The SMILES string of the molecule is CC(Sc1nnc(Cc2cccs2)n1C1CCCCC1)C(=O)Nc1ccc(C#N)c(Cl)c1. The number of carbonyl (C=O) groups excluding carboxylic acids is 1. The average molecular weight is 486 g/mol. The molecule has 6 nitrogen and oxygen atoms in total. The number of thiophene rings is 1. The van der Waals surface area contributed by atoms with Crippen molar-refractivity contribution >= 4 is 46.3 Å². The predicted molar refractivity (Wildman–Crippen MR) is 129 cm³/mol. The van der Waals surface area contributed by atoms with Gasteiger partial charge in [0.15, 0.2) is 5.16 Å². The normalized spacial score (nSPS) is 15.3. The van der Waals surface area contributed by atoms with E-state index in [0.717, 1.165) is 30.2 Å². The van der Waals surface area contributed by atoms with Crippen LogP contribution in [0.5, 0.6) is 0 Å². The molecule has 1 atom stereocenters. The summed E-state index contributed by atoms with van der Waals surface area (Å²) in [6.07, 6.45) is 6.68. The Morgan fingerprint density at radius 2 is 2.16 bits per heavy atom. The number of thioether (sulfide) groups is 1. The smallest absolute Gasteiger partial charge is 0.237 e. The fourth-order valence-corrected chi connectivity index (χ4v) is 5.78. The zero-order valence-corrected chi connectivity index (χ0v) is 20.1. The number of hydrogen-bond acceptors (Lipinski definition) is 6. The van der Waals surface area contributed by atoms with Crippen molar-refractivity contribution in [2.24, 2.45) is 0 Å². The summed E-state index contributed by atoms with van der Waals surface area (Å²) in [5.74, 6) is 0.821. The molecule has 1 amide bonds. The van der Waals surface area contributed by atoms with Crippen molar-refractivity contribution in [1.29, 1.82) is 5.26 Å². The first-order valence-corrected chi connectivity index (χ1v) is 12.8. The van der Waals surface area contributed by atoms with E-state index in [9.17, 15) is 4.79 Å². The maximum absolute atomic E-state index is 12.8. The summed E-state index contributed by atoms with van der Waals surface area (Å²) in [5.41, 5.74) is 0.949. The van der Waals surface area contributed by atoms with Gasteiger partial charge in [-0.1, -0.05) is 48.7 Å². The van der Waals surface area contributed by atoms with Crippen molar-refractivity contribution in [3.63, 3.8) is 0 Å². The standard InChI is InChI=1S/C23H24ClN5OS2/c1-15(22(30)26-17-10-9-16(14-25)20(24)12-17)32-23-28-27-21(13-19-8-5-11-31-19)29(23)18-6-3-2-4-7-18/h5,8-12,15,18H,2-4,6-7,13H2,1H3,(H,26,30). The fourth-order valence-electron chi connectivity index (χ4n) is 3.92. The molecule has 1 unspecified atom stereocenters. The van der Waals surface area contributed by atoms with Crippen molar-refractivity contribution in [2.45, 2.75) is 61.9 Å². The van der Waals surface area contributed by atoms with E-state index in [1.54, 1.807) is 29.5 Å². The third kappa shape index (κ3) is 5.34. The summed E-state index contributed by atoms with van der Waals surface area (Å²) < 4.78 is 2.27. The third-order valence-electron chi connectivity index (χ3n) is 5.60. The van der Waals surface area contributed by atoms with Crippen molar-refractivity contribution in [3.8, 4) is 6.07 Å². The van der Waals surface area contributed by atoms with Gasteiger partial charge >= 0.3 is 0 Å². The Morgan fingerprint density at radius 3 is 2.84 bits per heavy atom. The number of aromatic nitrogens is 3. The molecule has 3 aromatic rings. The second kappa shape index (κ2) is 10.5. The van der Waals surface area contributed by atoms with E-state index in [4.69, 9.17) is 16.9 Å².